The number of nitrogens with zero attached hydrogens (tertiary/aromatic N) is 2. The van der Waals surface area contributed by atoms with Crippen molar-refractivity contribution >= 4 is 23.2 Å². The SMILES string of the molecule is CC(C)CCN1CCN(C(=O)c2c(N)cccc2Cl)CC1. The van der Waals surface area contributed by atoms with E-state index in [0.29, 0.717) is 22.2 Å². The predicted octanol–water partition coefficient (Wildman–Crippen LogP) is 2.73. The van der Waals surface area contributed by atoms with Crippen LogP contribution in [0.1, 0.15) is 30.6 Å². The van der Waals surface area contributed by atoms with Crippen molar-refractivity contribution in [2.24, 2.45) is 5.92 Å². The van der Waals surface area contributed by atoms with E-state index >= 15 is 0 Å². The normalized spacial score (nSPS) is 16.5. The van der Waals surface area contributed by atoms with Gasteiger partial charge in [0.1, 0.15) is 0 Å². The molecule has 1 aliphatic heterocycles. The molecule has 0 atom stereocenters. The highest BCUT2D eigenvalue weighted by atomic mass is 35.5. The number of hydrogen-bond donors (Lipinski definition) is 1. The predicted molar refractivity (Wildman–Crippen MR) is 87.7 cm³/mol. The Morgan fingerprint density at radius 3 is 2.52 bits per heavy atom. The molecule has 2 N–H and O–H groups in total. The maximum absolute atomic E-state index is 12.6. The average Bonchev–Trinajstić information content (AvgIpc) is 2.45. The number of carbonyl (C=O) groups excluding carboxylic acids is 1. The molecule has 0 unspecified atom stereocenters. The molecule has 0 aromatic heterocycles. The number of halogens is 1. The maximum atomic E-state index is 12.6. The molecule has 1 aromatic carbocycles. The molecule has 1 heterocycles. The van der Waals surface area contributed by atoms with Gasteiger partial charge in [0.05, 0.1) is 10.6 Å². The molecule has 5 heteroatoms. The first-order chi connectivity index (χ1) is 9.99. The summed E-state index contributed by atoms with van der Waals surface area (Å²) in [6.45, 7) is 8.89. The van der Waals surface area contributed by atoms with Crippen LogP contribution in [-0.4, -0.2) is 48.4 Å². The van der Waals surface area contributed by atoms with Gasteiger partial charge in [0.15, 0.2) is 0 Å². The third kappa shape index (κ3) is 4.11. The summed E-state index contributed by atoms with van der Waals surface area (Å²) in [5, 5.41) is 0.433. The summed E-state index contributed by atoms with van der Waals surface area (Å²) in [6, 6.07) is 5.19. The van der Waals surface area contributed by atoms with Crippen molar-refractivity contribution in [3.63, 3.8) is 0 Å². The fourth-order valence-corrected chi connectivity index (χ4v) is 2.80. The molecule has 0 saturated carbocycles. The number of benzene rings is 1. The molecule has 0 aliphatic carbocycles. The average molecular weight is 310 g/mol. The van der Waals surface area contributed by atoms with Crippen LogP contribution in [0, 0.1) is 5.92 Å². The van der Waals surface area contributed by atoms with E-state index in [2.05, 4.69) is 18.7 Å². The Morgan fingerprint density at radius 1 is 1.29 bits per heavy atom. The van der Waals surface area contributed by atoms with E-state index in [4.69, 9.17) is 17.3 Å². The lowest BCUT2D eigenvalue weighted by atomic mass is 10.1. The van der Waals surface area contributed by atoms with Crippen molar-refractivity contribution in [1.82, 2.24) is 9.80 Å². The van der Waals surface area contributed by atoms with Crippen molar-refractivity contribution in [3.8, 4) is 0 Å². The Hall–Kier alpha value is -1.26. The van der Waals surface area contributed by atoms with Gasteiger partial charge in [-0.15, -0.1) is 0 Å². The van der Waals surface area contributed by atoms with E-state index in [0.717, 1.165) is 32.7 Å². The molecule has 1 fully saturated rings. The van der Waals surface area contributed by atoms with Crippen LogP contribution in [0.15, 0.2) is 18.2 Å². The van der Waals surface area contributed by atoms with Gasteiger partial charge < -0.3 is 10.6 Å². The van der Waals surface area contributed by atoms with Crippen LogP contribution >= 0.6 is 11.6 Å². The summed E-state index contributed by atoms with van der Waals surface area (Å²) in [4.78, 5) is 16.8. The second kappa shape index (κ2) is 7.14. The Balaban J connectivity index is 1.94. The first-order valence-electron chi connectivity index (χ1n) is 7.54. The van der Waals surface area contributed by atoms with Gasteiger partial charge in [-0.1, -0.05) is 31.5 Å². The van der Waals surface area contributed by atoms with Crippen molar-refractivity contribution < 1.29 is 4.79 Å². The van der Waals surface area contributed by atoms with Crippen LogP contribution in [0.25, 0.3) is 0 Å². The molecule has 0 radical (unpaired) electrons. The molecule has 1 amide bonds. The molecule has 1 aromatic rings. The van der Waals surface area contributed by atoms with Crippen molar-refractivity contribution in [3.05, 3.63) is 28.8 Å². The zero-order valence-electron chi connectivity index (χ0n) is 12.8. The van der Waals surface area contributed by atoms with Gasteiger partial charge in [-0.3, -0.25) is 9.69 Å². The Bertz CT molecular complexity index is 476. The highest BCUT2D eigenvalue weighted by Crippen LogP contribution is 2.24. The number of hydrogen-bond acceptors (Lipinski definition) is 3. The zero-order chi connectivity index (χ0) is 15.4. The molecular formula is C16H24ClN3O. The van der Waals surface area contributed by atoms with Gasteiger partial charge in [0.25, 0.3) is 5.91 Å². The molecular weight excluding hydrogens is 286 g/mol. The monoisotopic (exact) mass is 309 g/mol. The van der Waals surface area contributed by atoms with E-state index in [1.165, 1.54) is 6.42 Å². The molecule has 0 spiro atoms. The van der Waals surface area contributed by atoms with Gasteiger partial charge >= 0.3 is 0 Å². The number of amides is 1. The number of nitrogen functional groups attached to an aromatic ring is 1. The van der Waals surface area contributed by atoms with Crippen molar-refractivity contribution in [2.45, 2.75) is 20.3 Å². The summed E-state index contributed by atoms with van der Waals surface area (Å²) < 4.78 is 0. The van der Waals surface area contributed by atoms with E-state index in [-0.39, 0.29) is 5.91 Å². The highest BCUT2D eigenvalue weighted by molar-refractivity contribution is 6.34. The quantitative estimate of drug-likeness (QED) is 0.870. The van der Waals surface area contributed by atoms with E-state index < -0.39 is 0 Å². The van der Waals surface area contributed by atoms with E-state index in [1.54, 1.807) is 18.2 Å². The fraction of sp³-hybridized carbons (Fsp3) is 0.562. The zero-order valence-corrected chi connectivity index (χ0v) is 13.6. The summed E-state index contributed by atoms with van der Waals surface area (Å²) in [5.41, 5.74) is 6.79. The van der Waals surface area contributed by atoms with Gasteiger partial charge in [-0.25, -0.2) is 0 Å². The van der Waals surface area contributed by atoms with Gasteiger partial charge in [0, 0.05) is 31.9 Å². The lowest BCUT2D eigenvalue weighted by Gasteiger charge is -2.35. The minimum Gasteiger partial charge on any atom is -0.398 e. The van der Waals surface area contributed by atoms with E-state index in [9.17, 15) is 4.79 Å². The molecule has 21 heavy (non-hydrogen) atoms. The number of rotatable bonds is 4. The minimum atomic E-state index is -0.0541. The lowest BCUT2D eigenvalue weighted by Crippen LogP contribution is -2.49. The highest BCUT2D eigenvalue weighted by Gasteiger charge is 2.24. The Labute approximate surface area is 131 Å². The number of nitrogens with two attached hydrogens (primary N) is 1. The minimum absolute atomic E-state index is 0.0541. The topological polar surface area (TPSA) is 49.6 Å². The summed E-state index contributed by atoms with van der Waals surface area (Å²) in [7, 11) is 0. The first kappa shape index (κ1) is 16.1. The third-order valence-electron chi connectivity index (χ3n) is 3.94. The van der Waals surface area contributed by atoms with Crippen LogP contribution < -0.4 is 5.73 Å². The standard InChI is InChI=1S/C16H24ClN3O/c1-12(2)6-7-19-8-10-20(11-9-19)16(21)15-13(17)4-3-5-14(15)18/h3-5,12H,6-11,18H2,1-2H3. The maximum Gasteiger partial charge on any atom is 0.257 e. The van der Waals surface area contributed by atoms with Crippen LogP contribution in [0.3, 0.4) is 0 Å². The smallest absolute Gasteiger partial charge is 0.257 e. The molecule has 4 nitrogen and oxygen atoms in total. The number of piperazine rings is 1. The Morgan fingerprint density at radius 2 is 1.95 bits per heavy atom. The van der Waals surface area contributed by atoms with Gasteiger partial charge in [-0.05, 0) is 31.0 Å². The Kier molecular flexibility index (Phi) is 5.48. The van der Waals surface area contributed by atoms with Crippen LogP contribution in [-0.2, 0) is 0 Å². The van der Waals surface area contributed by atoms with Crippen molar-refractivity contribution in [2.75, 3.05) is 38.5 Å². The number of anilines is 1. The number of carbonyl (C=O) groups is 1. The molecule has 2 rings (SSSR count). The fourth-order valence-electron chi connectivity index (χ4n) is 2.54. The van der Waals surface area contributed by atoms with Crippen LogP contribution in [0.5, 0.6) is 0 Å². The third-order valence-corrected chi connectivity index (χ3v) is 4.26. The van der Waals surface area contributed by atoms with Crippen LogP contribution in [0.4, 0.5) is 5.69 Å². The van der Waals surface area contributed by atoms with E-state index in [1.807, 2.05) is 4.90 Å². The second-order valence-corrected chi connectivity index (χ2v) is 6.43. The van der Waals surface area contributed by atoms with Crippen LogP contribution in [0.2, 0.25) is 5.02 Å². The molecule has 0 bridgehead atoms. The summed E-state index contributed by atoms with van der Waals surface area (Å²) in [5.74, 6) is 0.661. The molecule has 116 valence electrons. The molecule has 1 aliphatic rings. The van der Waals surface area contributed by atoms with Gasteiger partial charge in [-0.2, -0.15) is 0 Å². The summed E-state index contributed by atoms with van der Waals surface area (Å²) in [6.07, 6.45) is 1.20. The van der Waals surface area contributed by atoms with Gasteiger partial charge in [0.2, 0.25) is 0 Å². The first-order valence-corrected chi connectivity index (χ1v) is 7.92. The molecule has 1 saturated heterocycles. The largest absolute Gasteiger partial charge is 0.398 e. The lowest BCUT2D eigenvalue weighted by molar-refractivity contribution is 0.0633. The summed E-state index contributed by atoms with van der Waals surface area (Å²) >= 11 is 6.12. The van der Waals surface area contributed by atoms with Crippen molar-refractivity contribution in [1.29, 1.82) is 0 Å². The second-order valence-electron chi connectivity index (χ2n) is 6.02.